The van der Waals surface area contributed by atoms with Gasteiger partial charge in [0.05, 0.1) is 10.7 Å². The summed E-state index contributed by atoms with van der Waals surface area (Å²) in [6, 6.07) is 16.9. The lowest BCUT2D eigenvalue weighted by Crippen LogP contribution is -2.54. The third-order valence-corrected chi connectivity index (χ3v) is 9.17. The molecule has 2 aromatic carbocycles. The number of benzene rings is 2. The van der Waals surface area contributed by atoms with Gasteiger partial charge in [0.15, 0.2) is 0 Å². The molecule has 2 fully saturated rings. The number of para-hydroxylation sites is 1. The molecule has 2 saturated heterocycles. The minimum Gasteiger partial charge on any atom is -0.368 e. The van der Waals surface area contributed by atoms with Gasteiger partial charge in [-0.15, -0.1) is 0 Å². The first kappa shape index (κ1) is 26.0. The quantitative estimate of drug-likeness (QED) is 0.441. The zero-order chi connectivity index (χ0) is 27.1. The van der Waals surface area contributed by atoms with Crippen LogP contribution in [0.2, 0.25) is 5.02 Å². The van der Waals surface area contributed by atoms with Gasteiger partial charge in [0.2, 0.25) is 0 Å². The van der Waals surface area contributed by atoms with Crippen molar-refractivity contribution >= 4 is 35.0 Å². The summed E-state index contributed by atoms with van der Waals surface area (Å²) in [5.74, 6) is 0.141. The average molecular weight is 544 g/mol. The standard InChI is InChI=1S/C32H38ClN5O/c1-23-21-37(29-13-7-9-25-8-6-10-27(25)29)18-19-38(23)32(39)31-20-26(24(2)34(31)3)22-35-14-16-36(17-15-35)30-12-5-4-11-28(30)33/h4-9,11-13,20,23H,10,14-19,21-22H2,1-3H3/t23-/m0/s1. The van der Waals surface area contributed by atoms with Crippen LogP contribution < -0.4 is 9.80 Å². The van der Waals surface area contributed by atoms with Crippen LogP contribution in [0, 0.1) is 6.92 Å². The third-order valence-electron chi connectivity index (χ3n) is 8.85. The van der Waals surface area contributed by atoms with E-state index < -0.39 is 0 Å². The highest BCUT2D eigenvalue weighted by molar-refractivity contribution is 6.33. The Bertz CT molecular complexity index is 1400. The van der Waals surface area contributed by atoms with Gasteiger partial charge in [0, 0.05) is 76.8 Å². The van der Waals surface area contributed by atoms with Crippen LogP contribution >= 0.6 is 11.6 Å². The SMILES string of the molecule is Cc1c(CN2CCN(c3ccccc3Cl)CC2)cc(C(=O)N2CCN(c3cccc4c3CC=C4)C[C@@H]2C)n1C. The number of nitrogens with zero attached hydrogens (tertiary/aromatic N) is 5. The van der Waals surface area contributed by atoms with Crippen LogP contribution in [0.15, 0.2) is 54.6 Å². The van der Waals surface area contributed by atoms with Crippen molar-refractivity contribution in [2.24, 2.45) is 7.05 Å². The van der Waals surface area contributed by atoms with E-state index in [2.05, 4.69) is 80.5 Å². The lowest BCUT2D eigenvalue weighted by molar-refractivity contribution is 0.0664. The van der Waals surface area contributed by atoms with E-state index >= 15 is 0 Å². The molecule has 0 N–H and O–H groups in total. The van der Waals surface area contributed by atoms with Crippen LogP contribution in [0.4, 0.5) is 11.4 Å². The number of piperazine rings is 2. The van der Waals surface area contributed by atoms with E-state index in [0.717, 1.165) is 75.2 Å². The van der Waals surface area contributed by atoms with Gasteiger partial charge in [-0.25, -0.2) is 0 Å². The summed E-state index contributed by atoms with van der Waals surface area (Å²) in [6.45, 7) is 11.5. The molecular formula is C32H38ClN5O. The molecule has 7 heteroatoms. The number of aromatic nitrogens is 1. The molecule has 204 valence electrons. The molecule has 6 nitrogen and oxygen atoms in total. The Kier molecular flexibility index (Phi) is 7.17. The maximum atomic E-state index is 13.8. The van der Waals surface area contributed by atoms with Gasteiger partial charge in [0.1, 0.15) is 5.69 Å². The summed E-state index contributed by atoms with van der Waals surface area (Å²) in [5, 5.41) is 0.813. The van der Waals surface area contributed by atoms with Crippen molar-refractivity contribution in [1.82, 2.24) is 14.4 Å². The molecule has 1 amide bonds. The first-order valence-corrected chi connectivity index (χ1v) is 14.5. The molecule has 0 spiro atoms. The third kappa shape index (κ3) is 4.96. The summed E-state index contributed by atoms with van der Waals surface area (Å²) < 4.78 is 2.09. The van der Waals surface area contributed by atoms with Gasteiger partial charge < -0.3 is 19.3 Å². The minimum absolute atomic E-state index is 0.141. The number of amides is 1. The van der Waals surface area contributed by atoms with Gasteiger partial charge in [-0.2, -0.15) is 0 Å². The van der Waals surface area contributed by atoms with E-state index in [4.69, 9.17) is 11.6 Å². The Morgan fingerprint density at radius 2 is 1.69 bits per heavy atom. The monoisotopic (exact) mass is 543 g/mol. The first-order valence-electron chi connectivity index (χ1n) is 14.1. The first-order chi connectivity index (χ1) is 18.9. The zero-order valence-corrected chi connectivity index (χ0v) is 24.0. The summed E-state index contributed by atoms with van der Waals surface area (Å²) in [5.41, 5.74) is 8.39. The molecule has 0 saturated carbocycles. The van der Waals surface area contributed by atoms with Crippen molar-refractivity contribution in [3.63, 3.8) is 0 Å². The Morgan fingerprint density at radius 3 is 2.46 bits per heavy atom. The number of rotatable bonds is 5. The second-order valence-corrected chi connectivity index (χ2v) is 11.6. The van der Waals surface area contributed by atoms with Crippen molar-refractivity contribution in [2.75, 3.05) is 55.6 Å². The van der Waals surface area contributed by atoms with E-state index in [9.17, 15) is 4.79 Å². The summed E-state index contributed by atoms with van der Waals surface area (Å²) in [4.78, 5) is 23.2. The number of allylic oxidation sites excluding steroid dienone is 1. The van der Waals surface area contributed by atoms with E-state index in [0.29, 0.717) is 0 Å². The highest BCUT2D eigenvalue weighted by Gasteiger charge is 2.31. The van der Waals surface area contributed by atoms with Crippen LogP contribution in [0.3, 0.4) is 0 Å². The normalized spacial score (nSPS) is 19.6. The lowest BCUT2D eigenvalue weighted by atomic mass is 10.0. The Morgan fingerprint density at radius 1 is 0.949 bits per heavy atom. The van der Waals surface area contributed by atoms with Crippen molar-refractivity contribution in [2.45, 2.75) is 32.9 Å². The molecule has 0 bridgehead atoms. The van der Waals surface area contributed by atoms with Crippen LogP contribution in [0.1, 0.15) is 39.8 Å². The van der Waals surface area contributed by atoms with Crippen molar-refractivity contribution in [1.29, 1.82) is 0 Å². The number of hydrogen-bond donors (Lipinski definition) is 0. The van der Waals surface area contributed by atoms with Crippen LogP contribution in [-0.4, -0.2) is 72.1 Å². The van der Waals surface area contributed by atoms with Crippen LogP contribution in [-0.2, 0) is 20.0 Å². The Hall–Kier alpha value is -3.22. The maximum Gasteiger partial charge on any atom is 0.270 e. The van der Waals surface area contributed by atoms with E-state index in [-0.39, 0.29) is 11.9 Å². The predicted molar refractivity (Wildman–Crippen MR) is 161 cm³/mol. The molecule has 39 heavy (non-hydrogen) atoms. The molecule has 3 aromatic rings. The summed E-state index contributed by atoms with van der Waals surface area (Å²) in [6.07, 6.45) is 5.46. The molecular weight excluding hydrogens is 506 g/mol. The minimum atomic E-state index is 0.141. The summed E-state index contributed by atoms with van der Waals surface area (Å²) in [7, 11) is 2.03. The largest absolute Gasteiger partial charge is 0.368 e. The van der Waals surface area contributed by atoms with Gasteiger partial charge in [-0.3, -0.25) is 9.69 Å². The van der Waals surface area contributed by atoms with Crippen molar-refractivity contribution < 1.29 is 4.79 Å². The van der Waals surface area contributed by atoms with Gasteiger partial charge in [-0.1, -0.05) is 48.0 Å². The van der Waals surface area contributed by atoms with Gasteiger partial charge >= 0.3 is 0 Å². The number of carbonyl (C=O) groups excluding carboxylic acids is 1. The molecule has 3 aliphatic rings. The maximum absolute atomic E-state index is 13.8. The number of hydrogen-bond acceptors (Lipinski definition) is 4. The fourth-order valence-electron chi connectivity index (χ4n) is 6.42. The molecule has 0 unspecified atom stereocenters. The molecule has 1 atom stereocenters. The number of halogens is 1. The Balaban J connectivity index is 1.10. The lowest BCUT2D eigenvalue weighted by Gasteiger charge is -2.41. The molecule has 1 aliphatic carbocycles. The van der Waals surface area contributed by atoms with E-state index in [1.807, 2.05) is 25.2 Å². The number of carbonyl (C=O) groups is 1. The van der Waals surface area contributed by atoms with Gasteiger partial charge in [0.25, 0.3) is 5.91 Å². The smallest absolute Gasteiger partial charge is 0.270 e. The van der Waals surface area contributed by atoms with Crippen molar-refractivity contribution in [3.8, 4) is 0 Å². The molecule has 2 aliphatic heterocycles. The van der Waals surface area contributed by atoms with Crippen LogP contribution in [0.25, 0.3) is 6.08 Å². The Labute approximate surface area is 237 Å². The van der Waals surface area contributed by atoms with Crippen molar-refractivity contribution in [3.05, 3.63) is 87.7 Å². The summed E-state index contributed by atoms with van der Waals surface area (Å²) >= 11 is 6.43. The fraction of sp³-hybridized carbons (Fsp3) is 0.406. The van der Waals surface area contributed by atoms with Gasteiger partial charge in [-0.05, 0) is 61.2 Å². The highest BCUT2D eigenvalue weighted by Crippen LogP contribution is 2.32. The highest BCUT2D eigenvalue weighted by atomic mass is 35.5. The second kappa shape index (κ2) is 10.7. The molecule has 6 rings (SSSR count). The number of anilines is 2. The fourth-order valence-corrected chi connectivity index (χ4v) is 6.67. The molecule has 0 radical (unpaired) electrons. The molecule has 3 heterocycles. The average Bonchev–Trinajstić information content (AvgIpc) is 3.54. The zero-order valence-electron chi connectivity index (χ0n) is 23.2. The van der Waals surface area contributed by atoms with E-state index in [1.54, 1.807) is 0 Å². The second-order valence-electron chi connectivity index (χ2n) is 11.2. The number of fused-ring (bicyclic) bond motifs is 1. The van der Waals surface area contributed by atoms with Crippen LogP contribution in [0.5, 0.6) is 0 Å². The predicted octanol–water partition coefficient (Wildman–Crippen LogP) is 5.23. The topological polar surface area (TPSA) is 35.0 Å². The van der Waals surface area contributed by atoms with E-state index in [1.165, 1.54) is 28.1 Å². The molecule has 1 aromatic heterocycles.